The smallest absolute Gasteiger partial charge is 0.335 e. The lowest BCUT2D eigenvalue weighted by Gasteiger charge is -2.13. The van der Waals surface area contributed by atoms with Crippen LogP contribution in [0.3, 0.4) is 0 Å². The number of carbonyl (C=O) groups is 2. The Balaban J connectivity index is 2.07. The summed E-state index contributed by atoms with van der Waals surface area (Å²) in [6, 6.07) is 4.79. The van der Waals surface area contributed by atoms with Crippen molar-refractivity contribution >= 4 is 17.6 Å². The first-order valence-corrected chi connectivity index (χ1v) is 6.37. The number of anilines is 1. The number of nitrogens with one attached hydrogen (secondary N) is 1. The van der Waals surface area contributed by atoms with Gasteiger partial charge in [0.2, 0.25) is 5.91 Å². The summed E-state index contributed by atoms with van der Waals surface area (Å²) < 4.78 is 0. The third-order valence-corrected chi connectivity index (χ3v) is 3.58. The second-order valence-electron chi connectivity index (χ2n) is 5.09. The van der Waals surface area contributed by atoms with Gasteiger partial charge in [-0.05, 0) is 49.9 Å². The zero-order valence-electron chi connectivity index (χ0n) is 10.8. The molecule has 5 heteroatoms. The Hall–Kier alpha value is -1.88. The van der Waals surface area contributed by atoms with Crippen molar-refractivity contribution in [3.05, 3.63) is 29.3 Å². The molecule has 19 heavy (non-hydrogen) atoms. The van der Waals surface area contributed by atoms with E-state index in [4.69, 9.17) is 10.8 Å². The molecule has 2 atom stereocenters. The fourth-order valence-electron chi connectivity index (χ4n) is 2.43. The molecule has 1 aromatic carbocycles. The van der Waals surface area contributed by atoms with E-state index in [1.165, 1.54) is 6.07 Å². The predicted molar refractivity (Wildman–Crippen MR) is 72.1 cm³/mol. The van der Waals surface area contributed by atoms with Gasteiger partial charge in [-0.25, -0.2) is 4.79 Å². The summed E-state index contributed by atoms with van der Waals surface area (Å²) in [6.07, 6.45) is 2.42. The van der Waals surface area contributed by atoms with E-state index in [-0.39, 0.29) is 23.4 Å². The maximum Gasteiger partial charge on any atom is 0.335 e. The predicted octanol–water partition coefficient (Wildman–Crippen LogP) is 1.76. The Morgan fingerprint density at radius 1 is 1.37 bits per heavy atom. The van der Waals surface area contributed by atoms with E-state index >= 15 is 0 Å². The van der Waals surface area contributed by atoms with E-state index in [0.29, 0.717) is 5.69 Å². The van der Waals surface area contributed by atoms with Crippen LogP contribution in [0.4, 0.5) is 5.69 Å². The summed E-state index contributed by atoms with van der Waals surface area (Å²) in [6.45, 7) is 1.78. The van der Waals surface area contributed by atoms with Crippen LogP contribution in [-0.2, 0) is 4.79 Å². The minimum absolute atomic E-state index is 0.0286. The zero-order chi connectivity index (χ0) is 14.0. The highest BCUT2D eigenvalue weighted by Gasteiger charge is 2.27. The molecule has 5 nitrogen and oxygen atoms in total. The van der Waals surface area contributed by atoms with E-state index in [9.17, 15) is 9.59 Å². The first-order chi connectivity index (χ1) is 8.97. The summed E-state index contributed by atoms with van der Waals surface area (Å²) >= 11 is 0. The maximum absolute atomic E-state index is 12.0. The molecule has 0 spiro atoms. The Morgan fingerprint density at radius 3 is 2.63 bits per heavy atom. The Kier molecular flexibility index (Phi) is 3.85. The number of amides is 1. The van der Waals surface area contributed by atoms with Crippen molar-refractivity contribution in [1.29, 1.82) is 0 Å². The summed E-state index contributed by atoms with van der Waals surface area (Å²) in [5.74, 6) is -1.03. The highest BCUT2D eigenvalue weighted by atomic mass is 16.4. The van der Waals surface area contributed by atoms with Crippen LogP contribution in [0.25, 0.3) is 0 Å². The molecule has 102 valence electrons. The van der Waals surface area contributed by atoms with Crippen LogP contribution in [0, 0.1) is 12.8 Å². The molecule has 2 rings (SSSR count). The van der Waals surface area contributed by atoms with Crippen LogP contribution in [0.5, 0.6) is 0 Å². The average Bonchev–Trinajstić information content (AvgIpc) is 2.78. The number of nitrogens with two attached hydrogens (primary N) is 1. The number of aryl methyl sites for hydroxylation is 1. The van der Waals surface area contributed by atoms with Crippen molar-refractivity contribution in [3.8, 4) is 0 Å². The molecule has 1 saturated carbocycles. The molecule has 0 saturated heterocycles. The van der Waals surface area contributed by atoms with E-state index in [1.807, 2.05) is 0 Å². The summed E-state index contributed by atoms with van der Waals surface area (Å²) in [7, 11) is 0. The second-order valence-corrected chi connectivity index (χ2v) is 5.09. The molecule has 1 aliphatic carbocycles. The fourth-order valence-corrected chi connectivity index (χ4v) is 2.43. The van der Waals surface area contributed by atoms with E-state index in [2.05, 4.69) is 5.32 Å². The number of carboxylic acids is 1. The van der Waals surface area contributed by atoms with Gasteiger partial charge in [-0.1, -0.05) is 0 Å². The van der Waals surface area contributed by atoms with Gasteiger partial charge in [0.1, 0.15) is 0 Å². The molecule has 1 fully saturated rings. The van der Waals surface area contributed by atoms with Gasteiger partial charge in [-0.15, -0.1) is 0 Å². The van der Waals surface area contributed by atoms with E-state index in [1.54, 1.807) is 19.1 Å². The first kappa shape index (κ1) is 13.5. The third-order valence-electron chi connectivity index (χ3n) is 3.58. The van der Waals surface area contributed by atoms with Gasteiger partial charge in [-0.3, -0.25) is 4.79 Å². The third kappa shape index (κ3) is 3.12. The van der Waals surface area contributed by atoms with Crippen LogP contribution in [-0.4, -0.2) is 23.0 Å². The SMILES string of the molecule is Cc1cc(C(=O)O)ccc1NC(=O)C1CCC(N)C1. The minimum Gasteiger partial charge on any atom is -0.478 e. The molecule has 0 aliphatic heterocycles. The van der Waals surface area contributed by atoms with Crippen molar-refractivity contribution in [2.45, 2.75) is 32.2 Å². The van der Waals surface area contributed by atoms with Crippen molar-refractivity contribution in [2.75, 3.05) is 5.32 Å². The number of benzene rings is 1. The highest BCUT2D eigenvalue weighted by Crippen LogP contribution is 2.26. The molecule has 2 unspecified atom stereocenters. The van der Waals surface area contributed by atoms with Gasteiger partial charge >= 0.3 is 5.97 Å². The van der Waals surface area contributed by atoms with Gasteiger partial charge in [0, 0.05) is 17.6 Å². The van der Waals surface area contributed by atoms with Crippen molar-refractivity contribution in [1.82, 2.24) is 0 Å². The molecular formula is C14H18N2O3. The second kappa shape index (κ2) is 5.40. The molecule has 1 amide bonds. The number of rotatable bonds is 3. The summed E-state index contributed by atoms with van der Waals surface area (Å²) in [5, 5.41) is 11.7. The first-order valence-electron chi connectivity index (χ1n) is 6.37. The number of carbonyl (C=O) groups excluding carboxylic acids is 1. The molecular weight excluding hydrogens is 244 g/mol. The molecule has 4 N–H and O–H groups in total. The normalized spacial score (nSPS) is 22.2. The molecule has 0 radical (unpaired) electrons. The van der Waals surface area contributed by atoms with Gasteiger partial charge in [0.25, 0.3) is 0 Å². The minimum atomic E-state index is -0.970. The van der Waals surface area contributed by atoms with Crippen LogP contribution in [0.15, 0.2) is 18.2 Å². The Bertz CT molecular complexity index is 513. The molecule has 0 aromatic heterocycles. The molecule has 1 aliphatic rings. The topological polar surface area (TPSA) is 92.4 Å². The Morgan fingerprint density at radius 2 is 2.11 bits per heavy atom. The van der Waals surface area contributed by atoms with Crippen LogP contribution >= 0.6 is 0 Å². The van der Waals surface area contributed by atoms with Crippen molar-refractivity contribution in [3.63, 3.8) is 0 Å². The number of hydrogen-bond donors (Lipinski definition) is 3. The van der Waals surface area contributed by atoms with Crippen molar-refractivity contribution in [2.24, 2.45) is 11.7 Å². The van der Waals surface area contributed by atoms with Crippen molar-refractivity contribution < 1.29 is 14.7 Å². The lowest BCUT2D eigenvalue weighted by atomic mass is 10.1. The molecule has 0 heterocycles. The zero-order valence-corrected chi connectivity index (χ0v) is 10.8. The maximum atomic E-state index is 12.0. The highest BCUT2D eigenvalue weighted by molar-refractivity contribution is 5.94. The quantitative estimate of drug-likeness (QED) is 0.773. The number of aromatic carboxylic acids is 1. The van der Waals surface area contributed by atoms with Gasteiger partial charge < -0.3 is 16.2 Å². The van der Waals surface area contributed by atoms with Gasteiger partial charge in [0.05, 0.1) is 5.56 Å². The van der Waals surface area contributed by atoms with Gasteiger partial charge in [-0.2, -0.15) is 0 Å². The number of hydrogen-bond acceptors (Lipinski definition) is 3. The lowest BCUT2D eigenvalue weighted by molar-refractivity contribution is -0.119. The van der Waals surface area contributed by atoms with Crippen LogP contribution in [0.2, 0.25) is 0 Å². The van der Waals surface area contributed by atoms with Crippen LogP contribution in [0.1, 0.15) is 35.2 Å². The largest absolute Gasteiger partial charge is 0.478 e. The average molecular weight is 262 g/mol. The van der Waals surface area contributed by atoms with E-state index < -0.39 is 5.97 Å². The molecule has 1 aromatic rings. The summed E-state index contributed by atoms with van der Waals surface area (Å²) in [5.41, 5.74) is 7.42. The molecule has 0 bridgehead atoms. The Labute approximate surface area is 111 Å². The summed E-state index contributed by atoms with van der Waals surface area (Å²) in [4.78, 5) is 22.9. The lowest BCUT2D eigenvalue weighted by Crippen LogP contribution is -2.23. The van der Waals surface area contributed by atoms with Crippen LogP contribution < -0.4 is 11.1 Å². The van der Waals surface area contributed by atoms with Gasteiger partial charge in [0.15, 0.2) is 0 Å². The monoisotopic (exact) mass is 262 g/mol. The standard InChI is InChI=1S/C14H18N2O3/c1-8-6-10(14(18)19)3-5-12(8)16-13(17)9-2-4-11(15)7-9/h3,5-6,9,11H,2,4,7,15H2,1H3,(H,16,17)(H,18,19). The fraction of sp³-hybridized carbons (Fsp3) is 0.429. The number of carboxylic acid groups (broad SMARTS) is 1. The van der Waals surface area contributed by atoms with E-state index in [0.717, 1.165) is 24.8 Å².